The van der Waals surface area contributed by atoms with E-state index in [1.807, 2.05) is 36.4 Å². The molecular weight excluding hydrogens is 254 g/mol. The van der Waals surface area contributed by atoms with E-state index < -0.39 is 11.9 Å². The molecule has 0 radical (unpaired) electrons. The molecule has 3 rings (SSSR count). The highest BCUT2D eigenvalue weighted by molar-refractivity contribution is 5.82. The van der Waals surface area contributed by atoms with Crippen molar-refractivity contribution in [2.24, 2.45) is 5.92 Å². The van der Waals surface area contributed by atoms with E-state index in [0.29, 0.717) is 6.42 Å². The normalized spacial score (nSPS) is 24.6. The summed E-state index contributed by atoms with van der Waals surface area (Å²) < 4.78 is 0. The Bertz CT molecular complexity index is 571. The third-order valence-corrected chi connectivity index (χ3v) is 4.21. The summed E-state index contributed by atoms with van der Waals surface area (Å²) in [7, 11) is 0. The molecule has 4 heteroatoms. The lowest BCUT2D eigenvalue weighted by molar-refractivity contribution is -0.139. The molecule has 20 heavy (non-hydrogen) atoms. The van der Waals surface area contributed by atoms with Gasteiger partial charge in [-0.2, -0.15) is 0 Å². The minimum atomic E-state index is -0.822. The standard InChI is InChI=1S/C16H17NO3/c18-15(10-5-1-2-6-10)17-14-9-13(16(19)20)11-7-3-4-8-12(11)14/h1-4,7-8,10,13-14H,5-6,9H2,(H,17,18)(H,19,20). The molecule has 1 aromatic rings. The first-order valence-electron chi connectivity index (χ1n) is 6.94. The molecule has 1 aromatic carbocycles. The molecular formula is C16H17NO3. The second-order valence-electron chi connectivity index (χ2n) is 5.46. The molecule has 0 saturated heterocycles. The predicted octanol–water partition coefficient (Wildman–Crippen LogP) is 2.38. The molecule has 2 unspecified atom stereocenters. The van der Waals surface area contributed by atoms with Gasteiger partial charge in [-0.1, -0.05) is 36.4 Å². The van der Waals surface area contributed by atoms with Gasteiger partial charge in [0.05, 0.1) is 12.0 Å². The van der Waals surface area contributed by atoms with Gasteiger partial charge in [-0.3, -0.25) is 9.59 Å². The van der Waals surface area contributed by atoms with Crippen LogP contribution in [-0.4, -0.2) is 17.0 Å². The zero-order chi connectivity index (χ0) is 14.1. The quantitative estimate of drug-likeness (QED) is 0.829. The predicted molar refractivity (Wildman–Crippen MR) is 74.2 cm³/mol. The first-order chi connectivity index (χ1) is 9.66. The van der Waals surface area contributed by atoms with E-state index in [0.717, 1.165) is 24.0 Å². The maximum absolute atomic E-state index is 12.2. The number of carboxylic acid groups (broad SMARTS) is 1. The van der Waals surface area contributed by atoms with Gasteiger partial charge < -0.3 is 10.4 Å². The van der Waals surface area contributed by atoms with E-state index in [2.05, 4.69) is 5.32 Å². The van der Waals surface area contributed by atoms with Crippen molar-refractivity contribution in [3.63, 3.8) is 0 Å². The molecule has 0 aromatic heterocycles. The molecule has 0 fully saturated rings. The van der Waals surface area contributed by atoms with E-state index in [-0.39, 0.29) is 17.9 Å². The van der Waals surface area contributed by atoms with Crippen LogP contribution < -0.4 is 5.32 Å². The number of carboxylic acids is 1. The molecule has 0 spiro atoms. The summed E-state index contributed by atoms with van der Waals surface area (Å²) in [6.45, 7) is 0. The van der Waals surface area contributed by atoms with Crippen LogP contribution in [0.4, 0.5) is 0 Å². The van der Waals surface area contributed by atoms with Gasteiger partial charge >= 0.3 is 5.97 Å². The van der Waals surface area contributed by atoms with Crippen molar-refractivity contribution in [3.05, 3.63) is 47.5 Å². The van der Waals surface area contributed by atoms with Crippen LogP contribution in [0.3, 0.4) is 0 Å². The smallest absolute Gasteiger partial charge is 0.311 e. The fourth-order valence-electron chi connectivity index (χ4n) is 3.13. The molecule has 2 aliphatic carbocycles. The van der Waals surface area contributed by atoms with Crippen LogP contribution in [0, 0.1) is 5.92 Å². The number of amides is 1. The second-order valence-corrected chi connectivity index (χ2v) is 5.46. The van der Waals surface area contributed by atoms with Gasteiger partial charge in [0.15, 0.2) is 0 Å². The van der Waals surface area contributed by atoms with Crippen molar-refractivity contribution in [1.29, 1.82) is 0 Å². The summed E-state index contributed by atoms with van der Waals surface area (Å²) in [5, 5.41) is 12.3. The molecule has 0 heterocycles. The summed E-state index contributed by atoms with van der Waals surface area (Å²) in [5.41, 5.74) is 1.77. The van der Waals surface area contributed by atoms with E-state index in [4.69, 9.17) is 0 Å². The van der Waals surface area contributed by atoms with E-state index >= 15 is 0 Å². The lowest BCUT2D eigenvalue weighted by Gasteiger charge is -2.17. The van der Waals surface area contributed by atoms with E-state index in [1.54, 1.807) is 0 Å². The minimum absolute atomic E-state index is 0.00559. The van der Waals surface area contributed by atoms with Crippen molar-refractivity contribution in [1.82, 2.24) is 5.32 Å². The highest BCUT2D eigenvalue weighted by atomic mass is 16.4. The Labute approximate surface area is 117 Å². The second kappa shape index (κ2) is 5.12. The van der Waals surface area contributed by atoms with Crippen molar-refractivity contribution in [2.75, 3.05) is 0 Å². The molecule has 2 N–H and O–H groups in total. The summed E-state index contributed by atoms with van der Waals surface area (Å²) in [6.07, 6.45) is 6.05. The summed E-state index contributed by atoms with van der Waals surface area (Å²) >= 11 is 0. The molecule has 104 valence electrons. The van der Waals surface area contributed by atoms with Crippen molar-refractivity contribution >= 4 is 11.9 Å². The van der Waals surface area contributed by atoms with Crippen molar-refractivity contribution in [2.45, 2.75) is 31.2 Å². The van der Waals surface area contributed by atoms with Crippen LogP contribution in [0.1, 0.15) is 42.3 Å². The Morgan fingerprint density at radius 3 is 2.40 bits per heavy atom. The first kappa shape index (κ1) is 12.9. The van der Waals surface area contributed by atoms with Crippen LogP contribution in [0.5, 0.6) is 0 Å². The number of aliphatic carboxylic acids is 1. The molecule has 0 aliphatic heterocycles. The fourth-order valence-corrected chi connectivity index (χ4v) is 3.13. The number of fused-ring (bicyclic) bond motifs is 1. The van der Waals surface area contributed by atoms with Crippen LogP contribution >= 0.6 is 0 Å². The van der Waals surface area contributed by atoms with Crippen LogP contribution in [0.25, 0.3) is 0 Å². The number of rotatable bonds is 3. The number of hydrogen-bond acceptors (Lipinski definition) is 2. The Kier molecular flexibility index (Phi) is 3.30. The molecule has 2 atom stereocenters. The van der Waals surface area contributed by atoms with Crippen molar-refractivity contribution in [3.8, 4) is 0 Å². The highest BCUT2D eigenvalue weighted by Crippen LogP contribution is 2.40. The molecule has 0 bridgehead atoms. The topological polar surface area (TPSA) is 66.4 Å². The molecule has 1 amide bonds. The van der Waals surface area contributed by atoms with E-state index in [1.165, 1.54) is 0 Å². The van der Waals surface area contributed by atoms with Gasteiger partial charge in [-0.25, -0.2) is 0 Å². The Morgan fingerprint density at radius 2 is 1.75 bits per heavy atom. The van der Waals surface area contributed by atoms with E-state index in [9.17, 15) is 14.7 Å². The van der Waals surface area contributed by atoms with Crippen LogP contribution in [0.15, 0.2) is 36.4 Å². The SMILES string of the molecule is O=C(NC1CC(C(=O)O)c2ccccc21)C1CC=CC1. The maximum atomic E-state index is 12.2. The average Bonchev–Trinajstić information content (AvgIpc) is 3.07. The van der Waals surface area contributed by atoms with Gasteiger partial charge in [0, 0.05) is 5.92 Å². The number of allylic oxidation sites excluding steroid dienone is 2. The van der Waals surface area contributed by atoms with Gasteiger partial charge in [0.25, 0.3) is 0 Å². The molecule has 0 saturated carbocycles. The Morgan fingerprint density at radius 1 is 1.10 bits per heavy atom. The highest BCUT2D eigenvalue weighted by Gasteiger charge is 2.36. The zero-order valence-corrected chi connectivity index (χ0v) is 11.1. The van der Waals surface area contributed by atoms with Gasteiger partial charge in [0.2, 0.25) is 5.91 Å². The fraction of sp³-hybridized carbons (Fsp3) is 0.375. The van der Waals surface area contributed by atoms with Gasteiger partial charge in [0.1, 0.15) is 0 Å². The number of nitrogens with one attached hydrogen (secondary N) is 1. The minimum Gasteiger partial charge on any atom is -0.481 e. The van der Waals surface area contributed by atoms with Crippen LogP contribution in [-0.2, 0) is 9.59 Å². The molecule has 4 nitrogen and oxygen atoms in total. The third-order valence-electron chi connectivity index (χ3n) is 4.21. The Balaban J connectivity index is 1.78. The van der Waals surface area contributed by atoms with Crippen LogP contribution in [0.2, 0.25) is 0 Å². The van der Waals surface area contributed by atoms with Gasteiger partial charge in [-0.15, -0.1) is 0 Å². The maximum Gasteiger partial charge on any atom is 0.311 e. The van der Waals surface area contributed by atoms with Gasteiger partial charge in [-0.05, 0) is 30.4 Å². The summed E-state index contributed by atoms with van der Waals surface area (Å²) in [6, 6.07) is 7.31. The zero-order valence-electron chi connectivity index (χ0n) is 11.1. The number of hydrogen-bond donors (Lipinski definition) is 2. The largest absolute Gasteiger partial charge is 0.481 e. The lowest BCUT2D eigenvalue weighted by atomic mass is 10.0. The number of carbonyl (C=O) groups excluding carboxylic acids is 1. The summed E-state index contributed by atoms with van der Waals surface area (Å²) in [4.78, 5) is 23.5. The number of carbonyl (C=O) groups is 2. The average molecular weight is 271 g/mol. The van der Waals surface area contributed by atoms with Crippen molar-refractivity contribution < 1.29 is 14.7 Å². The monoisotopic (exact) mass is 271 g/mol. The number of benzene rings is 1. The summed E-state index contributed by atoms with van der Waals surface area (Å²) in [5.74, 6) is -1.30. The lowest BCUT2D eigenvalue weighted by Crippen LogP contribution is -2.32. The third kappa shape index (κ3) is 2.22. The molecule has 2 aliphatic rings. The first-order valence-corrected chi connectivity index (χ1v) is 6.94. The Hall–Kier alpha value is -2.10.